The molecular weight excluding hydrogens is 624 g/mol. The summed E-state index contributed by atoms with van der Waals surface area (Å²) in [6.45, 7) is 20.0. The molecule has 2 N–H and O–H groups in total. The number of likely N-dealkylation sites (tertiary alicyclic amines) is 1. The Morgan fingerprint density at radius 2 is 1.56 bits per heavy atom. The highest BCUT2D eigenvalue weighted by molar-refractivity contribution is 5.92. The third-order valence-electron chi connectivity index (χ3n) is 10.8. The lowest BCUT2D eigenvalue weighted by molar-refractivity contribution is 0.0657. The summed E-state index contributed by atoms with van der Waals surface area (Å²) in [6, 6.07) is 7.87. The molecule has 0 aromatic carbocycles. The van der Waals surface area contributed by atoms with Gasteiger partial charge >= 0.3 is 0 Å². The van der Waals surface area contributed by atoms with Crippen molar-refractivity contribution in [3.63, 3.8) is 0 Å². The average molecular weight is 687 g/mol. The van der Waals surface area contributed by atoms with Gasteiger partial charge in [-0.05, 0) is 60.9 Å². The molecular formula is C40H62N8O2. The number of carbonyl (C=O) groups excluding carboxylic acids is 1. The van der Waals surface area contributed by atoms with Crippen LogP contribution in [-0.4, -0.2) is 108 Å². The molecule has 1 amide bonds. The van der Waals surface area contributed by atoms with Crippen LogP contribution in [0.5, 0.6) is 0 Å². The minimum atomic E-state index is -0.0279. The molecule has 0 unspecified atom stereocenters. The normalized spacial score (nSPS) is 19.8. The molecule has 3 aliphatic heterocycles. The number of amides is 1. The van der Waals surface area contributed by atoms with Crippen LogP contribution < -0.4 is 15.8 Å². The highest BCUT2D eigenvalue weighted by atomic mass is 16.2. The quantitative estimate of drug-likeness (QED) is 0.333. The molecule has 4 aliphatic rings. The van der Waals surface area contributed by atoms with Gasteiger partial charge in [-0.1, -0.05) is 59.8 Å². The van der Waals surface area contributed by atoms with Gasteiger partial charge in [0.25, 0.3) is 11.5 Å². The zero-order chi connectivity index (χ0) is 35.3. The number of pyridine rings is 3. The number of hydrogen-bond donors (Lipinski definition) is 2. The number of nitrogens with zero attached hydrogens (tertiary/aromatic N) is 6. The van der Waals surface area contributed by atoms with Gasteiger partial charge in [0.05, 0.1) is 22.9 Å². The summed E-state index contributed by atoms with van der Waals surface area (Å²) < 4.78 is 0. The van der Waals surface area contributed by atoms with Crippen molar-refractivity contribution in [2.24, 2.45) is 11.8 Å². The van der Waals surface area contributed by atoms with Crippen molar-refractivity contribution in [3.8, 4) is 0 Å². The molecule has 1 aliphatic carbocycles. The van der Waals surface area contributed by atoms with Crippen LogP contribution in [0.4, 0.5) is 5.69 Å². The Bertz CT molecular complexity index is 1510. The molecule has 3 saturated heterocycles. The third kappa shape index (κ3) is 10.6. The smallest absolute Gasteiger partial charge is 0.272 e. The van der Waals surface area contributed by atoms with Crippen LogP contribution in [0.15, 0.2) is 41.5 Å². The lowest BCUT2D eigenvalue weighted by atomic mass is 9.91. The van der Waals surface area contributed by atoms with Gasteiger partial charge in [-0.3, -0.25) is 19.5 Å². The maximum Gasteiger partial charge on any atom is 0.272 e. The number of fused-ring (bicyclic) bond motifs is 1. The summed E-state index contributed by atoms with van der Waals surface area (Å²) in [7, 11) is 0. The second-order valence-corrected chi connectivity index (χ2v) is 14.4. The monoisotopic (exact) mass is 686 g/mol. The molecule has 3 aromatic rings. The fourth-order valence-corrected chi connectivity index (χ4v) is 7.68. The molecule has 50 heavy (non-hydrogen) atoms. The molecule has 0 bridgehead atoms. The number of H-pyrrole nitrogens is 1. The Morgan fingerprint density at radius 3 is 2.18 bits per heavy atom. The number of aromatic nitrogens is 3. The van der Waals surface area contributed by atoms with E-state index in [4.69, 9.17) is 0 Å². The Hall–Kier alpha value is -3.34. The predicted octanol–water partition coefficient (Wildman–Crippen LogP) is 5.57. The van der Waals surface area contributed by atoms with Crippen molar-refractivity contribution in [1.82, 2.24) is 35.0 Å². The minimum absolute atomic E-state index is 0.0279. The van der Waals surface area contributed by atoms with Crippen molar-refractivity contribution in [2.75, 3.05) is 76.9 Å². The van der Waals surface area contributed by atoms with Crippen LogP contribution in [0.25, 0.3) is 11.0 Å². The number of carbonyl (C=O) groups is 1. The number of piperidine rings is 1. The first-order valence-electron chi connectivity index (χ1n) is 19.6. The largest absolute Gasteiger partial charge is 0.368 e. The Balaban J connectivity index is 0.000000477. The first-order chi connectivity index (χ1) is 24.4. The highest BCUT2D eigenvalue weighted by Gasteiger charge is 2.26. The molecule has 7 rings (SSSR count). The Morgan fingerprint density at radius 1 is 0.840 bits per heavy atom. The predicted molar refractivity (Wildman–Crippen MR) is 205 cm³/mol. The van der Waals surface area contributed by atoms with Crippen LogP contribution in [0.2, 0.25) is 0 Å². The molecule has 6 heterocycles. The molecule has 3 aromatic heterocycles. The zero-order valence-electron chi connectivity index (χ0n) is 31.3. The van der Waals surface area contributed by atoms with Crippen molar-refractivity contribution in [1.29, 1.82) is 0 Å². The first-order valence-corrected chi connectivity index (χ1v) is 19.6. The molecule has 1 saturated carbocycles. The van der Waals surface area contributed by atoms with Crippen LogP contribution in [0.3, 0.4) is 0 Å². The number of hydrogen-bond acceptors (Lipinski definition) is 8. The van der Waals surface area contributed by atoms with E-state index in [-0.39, 0.29) is 11.5 Å². The van der Waals surface area contributed by atoms with E-state index >= 15 is 0 Å². The zero-order valence-corrected chi connectivity index (χ0v) is 31.3. The number of aromatic amines is 1. The van der Waals surface area contributed by atoms with Gasteiger partial charge in [0.15, 0.2) is 0 Å². The Labute approximate surface area is 300 Å². The van der Waals surface area contributed by atoms with Gasteiger partial charge in [0.1, 0.15) is 5.69 Å². The van der Waals surface area contributed by atoms with E-state index in [0.29, 0.717) is 18.0 Å². The Kier molecular flexibility index (Phi) is 14.6. The topological polar surface area (TPSA) is 101 Å². The number of aryl methyl sites for hydroxylation is 1. The summed E-state index contributed by atoms with van der Waals surface area (Å²) in [5.74, 6) is 1.77. The van der Waals surface area contributed by atoms with E-state index in [1.807, 2.05) is 62.3 Å². The molecule has 0 atom stereocenters. The molecule has 4 fully saturated rings. The summed E-state index contributed by atoms with van der Waals surface area (Å²) in [4.78, 5) is 46.8. The van der Waals surface area contributed by atoms with Crippen molar-refractivity contribution >= 4 is 22.6 Å². The number of piperazine rings is 2. The van der Waals surface area contributed by atoms with E-state index in [0.717, 1.165) is 125 Å². The van der Waals surface area contributed by atoms with E-state index in [2.05, 4.69) is 41.9 Å². The van der Waals surface area contributed by atoms with Crippen molar-refractivity contribution in [3.05, 3.63) is 63.8 Å². The SMILES string of the molecule is CC.CC1CCCCC1.CCc1cc2ncc(CN3CCN(c4ccc(C(=O)N5CCC(CN6CCNCC6)CC5)nc4)CC3)cc2[nH]c1=O. The van der Waals surface area contributed by atoms with Gasteiger partial charge < -0.3 is 25.0 Å². The van der Waals surface area contributed by atoms with Gasteiger partial charge in [0.2, 0.25) is 0 Å². The van der Waals surface area contributed by atoms with Gasteiger partial charge in [-0.2, -0.15) is 0 Å². The standard InChI is InChI=1S/C31H42N8O2.C7H14.C2H6/c1-2-25-18-28-29(35-30(25)40)17-24(19-33-28)22-37-13-15-38(16-14-37)26-3-4-27(34-20-26)31(41)39-9-5-23(6-10-39)21-36-11-7-32-8-12-36;1-7-5-3-2-4-6-7;1-2/h3-4,17-20,23,32H,2,5-16,21-22H2,1H3,(H,35,40);7H,2-6H2,1H3;1-2H3. The van der Waals surface area contributed by atoms with Crippen LogP contribution in [-0.2, 0) is 13.0 Å². The van der Waals surface area contributed by atoms with Gasteiger partial charge in [0, 0.05) is 90.3 Å². The van der Waals surface area contributed by atoms with Crippen LogP contribution in [0, 0.1) is 11.8 Å². The molecule has 10 nitrogen and oxygen atoms in total. The summed E-state index contributed by atoms with van der Waals surface area (Å²) in [6.07, 6.45) is 14.1. The summed E-state index contributed by atoms with van der Waals surface area (Å²) >= 11 is 0. The molecule has 274 valence electrons. The van der Waals surface area contributed by atoms with Crippen LogP contribution >= 0.6 is 0 Å². The molecule has 0 radical (unpaired) electrons. The van der Waals surface area contributed by atoms with E-state index < -0.39 is 0 Å². The average Bonchev–Trinajstić information content (AvgIpc) is 3.17. The van der Waals surface area contributed by atoms with E-state index in [9.17, 15) is 9.59 Å². The molecule has 10 heteroatoms. The third-order valence-corrected chi connectivity index (χ3v) is 10.8. The van der Waals surface area contributed by atoms with Crippen LogP contribution in [0.1, 0.15) is 94.3 Å². The fourth-order valence-electron chi connectivity index (χ4n) is 7.68. The van der Waals surface area contributed by atoms with Gasteiger partial charge in [-0.25, -0.2) is 4.98 Å². The lowest BCUT2D eigenvalue weighted by Crippen LogP contribution is -2.47. The molecule has 0 spiro atoms. The second kappa shape index (κ2) is 19.3. The summed E-state index contributed by atoms with van der Waals surface area (Å²) in [5, 5.41) is 3.42. The maximum atomic E-state index is 13.1. The number of anilines is 1. The lowest BCUT2D eigenvalue weighted by Gasteiger charge is -2.36. The first kappa shape index (κ1) is 37.9. The highest BCUT2D eigenvalue weighted by Crippen LogP contribution is 2.23. The number of nitrogens with one attached hydrogen (secondary N) is 2. The van der Waals surface area contributed by atoms with E-state index in [1.54, 1.807) is 0 Å². The fraction of sp³-hybridized carbons (Fsp3) is 0.650. The minimum Gasteiger partial charge on any atom is -0.368 e. The van der Waals surface area contributed by atoms with Gasteiger partial charge in [-0.15, -0.1) is 0 Å². The van der Waals surface area contributed by atoms with E-state index in [1.165, 1.54) is 32.1 Å². The second-order valence-electron chi connectivity index (χ2n) is 14.4. The number of rotatable bonds is 7. The van der Waals surface area contributed by atoms with Crippen molar-refractivity contribution < 1.29 is 4.79 Å². The summed E-state index contributed by atoms with van der Waals surface area (Å²) in [5.41, 5.74) is 5.07. The maximum absolute atomic E-state index is 13.1. The van der Waals surface area contributed by atoms with Crippen molar-refractivity contribution in [2.45, 2.75) is 85.6 Å².